The Balaban J connectivity index is 0.00000256. The molecular formula is C12H17KO3S. The SMILES string of the molecule is CCCc1cccc(S(=O)(=O)[O-])c1CCC.[K+]. The Labute approximate surface area is 146 Å². The number of rotatable bonds is 5. The van der Waals surface area contributed by atoms with E-state index >= 15 is 0 Å². The normalized spacial score (nSPS) is 11.0. The molecule has 0 aliphatic rings. The van der Waals surface area contributed by atoms with Crippen LogP contribution in [0.25, 0.3) is 0 Å². The first-order valence-corrected chi connectivity index (χ1v) is 6.98. The van der Waals surface area contributed by atoms with E-state index in [2.05, 4.69) is 0 Å². The third kappa shape index (κ3) is 5.10. The maximum absolute atomic E-state index is 11.1. The molecule has 0 fully saturated rings. The van der Waals surface area contributed by atoms with E-state index in [9.17, 15) is 13.0 Å². The third-order valence-electron chi connectivity index (χ3n) is 2.52. The van der Waals surface area contributed by atoms with Crippen molar-refractivity contribution in [3.8, 4) is 0 Å². The van der Waals surface area contributed by atoms with Crippen LogP contribution in [0.5, 0.6) is 0 Å². The van der Waals surface area contributed by atoms with Gasteiger partial charge in [-0.05, 0) is 30.0 Å². The fourth-order valence-electron chi connectivity index (χ4n) is 1.88. The van der Waals surface area contributed by atoms with Gasteiger partial charge in [0.15, 0.2) is 0 Å². The van der Waals surface area contributed by atoms with Crippen molar-refractivity contribution in [1.82, 2.24) is 0 Å². The van der Waals surface area contributed by atoms with Gasteiger partial charge in [-0.15, -0.1) is 0 Å². The molecule has 0 saturated carbocycles. The maximum atomic E-state index is 11.1. The van der Waals surface area contributed by atoms with Crippen molar-refractivity contribution in [3.63, 3.8) is 0 Å². The predicted molar refractivity (Wildman–Crippen MR) is 62.4 cm³/mol. The average molecular weight is 280 g/mol. The molecule has 0 radical (unpaired) electrons. The second kappa shape index (κ2) is 8.04. The van der Waals surface area contributed by atoms with Gasteiger partial charge in [0.2, 0.25) is 0 Å². The molecule has 1 rings (SSSR count). The molecule has 0 spiro atoms. The summed E-state index contributed by atoms with van der Waals surface area (Å²) >= 11 is 0. The van der Waals surface area contributed by atoms with E-state index in [4.69, 9.17) is 0 Å². The summed E-state index contributed by atoms with van der Waals surface area (Å²) in [6.45, 7) is 4.01. The fraction of sp³-hybridized carbons (Fsp3) is 0.500. The van der Waals surface area contributed by atoms with Gasteiger partial charge in [-0.1, -0.05) is 38.8 Å². The summed E-state index contributed by atoms with van der Waals surface area (Å²) in [5.74, 6) is 0. The molecule has 0 saturated heterocycles. The molecular weight excluding hydrogens is 263 g/mol. The average Bonchev–Trinajstić information content (AvgIpc) is 2.19. The van der Waals surface area contributed by atoms with E-state index in [1.54, 1.807) is 6.07 Å². The molecule has 1 aromatic carbocycles. The topological polar surface area (TPSA) is 57.2 Å². The zero-order chi connectivity index (χ0) is 12.2. The smallest absolute Gasteiger partial charge is 0.744 e. The van der Waals surface area contributed by atoms with Gasteiger partial charge in [-0.25, -0.2) is 8.42 Å². The summed E-state index contributed by atoms with van der Waals surface area (Å²) in [5.41, 5.74) is 1.70. The molecule has 5 heteroatoms. The maximum Gasteiger partial charge on any atom is 1.00 e. The zero-order valence-corrected chi connectivity index (χ0v) is 14.6. The van der Waals surface area contributed by atoms with Gasteiger partial charge in [-0.3, -0.25) is 0 Å². The molecule has 0 aromatic heterocycles. The van der Waals surface area contributed by atoms with E-state index in [1.807, 2.05) is 19.9 Å². The summed E-state index contributed by atoms with van der Waals surface area (Å²) in [7, 11) is -4.35. The molecule has 1 aromatic rings. The van der Waals surface area contributed by atoms with Crippen LogP contribution in [0.2, 0.25) is 0 Å². The molecule has 0 bridgehead atoms. The molecule has 0 atom stereocenters. The summed E-state index contributed by atoms with van der Waals surface area (Å²) < 4.78 is 33.4. The van der Waals surface area contributed by atoms with Gasteiger partial charge in [0.05, 0.1) is 4.90 Å². The van der Waals surface area contributed by atoms with E-state index in [0.29, 0.717) is 12.0 Å². The van der Waals surface area contributed by atoms with Crippen molar-refractivity contribution in [2.24, 2.45) is 0 Å². The molecule has 0 amide bonds. The molecule has 3 nitrogen and oxygen atoms in total. The van der Waals surface area contributed by atoms with Crippen molar-refractivity contribution in [2.75, 3.05) is 0 Å². The van der Waals surface area contributed by atoms with Crippen molar-refractivity contribution < 1.29 is 64.4 Å². The van der Waals surface area contributed by atoms with Gasteiger partial charge in [0, 0.05) is 0 Å². The van der Waals surface area contributed by atoms with E-state index in [-0.39, 0.29) is 56.3 Å². The van der Waals surface area contributed by atoms with Crippen LogP contribution < -0.4 is 51.4 Å². The minimum Gasteiger partial charge on any atom is -0.744 e. The summed E-state index contributed by atoms with van der Waals surface area (Å²) in [4.78, 5) is -0.0414. The van der Waals surface area contributed by atoms with Crippen LogP contribution in [-0.4, -0.2) is 13.0 Å². The first kappa shape index (κ1) is 17.8. The van der Waals surface area contributed by atoms with Crippen molar-refractivity contribution in [3.05, 3.63) is 29.3 Å². The molecule has 90 valence electrons. The Kier molecular flexibility index (Phi) is 8.40. The Hall–Kier alpha value is 0.766. The number of hydrogen-bond acceptors (Lipinski definition) is 3. The van der Waals surface area contributed by atoms with Crippen LogP contribution in [0.1, 0.15) is 37.8 Å². The third-order valence-corrected chi connectivity index (χ3v) is 3.44. The minimum atomic E-state index is -4.35. The number of aryl methyl sites for hydroxylation is 1. The van der Waals surface area contributed by atoms with E-state index in [0.717, 1.165) is 24.8 Å². The van der Waals surface area contributed by atoms with Crippen LogP contribution >= 0.6 is 0 Å². The molecule has 0 unspecified atom stereocenters. The zero-order valence-electron chi connectivity index (χ0n) is 10.7. The molecule has 0 aliphatic heterocycles. The summed E-state index contributed by atoms with van der Waals surface area (Å²) in [6, 6.07) is 4.96. The van der Waals surface area contributed by atoms with Crippen molar-refractivity contribution >= 4 is 10.1 Å². The summed E-state index contributed by atoms with van der Waals surface area (Å²) in [5, 5.41) is 0. The van der Waals surface area contributed by atoms with Gasteiger partial charge >= 0.3 is 51.4 Å². The molecule has 0 heterocycles. The molecule has 0 aliphatic carbocycles. The second-order valence-corrected chi connectivity index (χ2v) is 5.20. The van der Waals surface area contributed by atoms with E-state index < -0.39 is 10.1 Å². The Morgan fingerprint density at radius 1 is 1.12 bits per heavy atom. The van der Waals surface area contributed by atoms with Crippen LogP contribution in [0, 0.1) is 0 Å². The first-order chi connectivity index (χ1) is 7.50. The van der Waals surface area contributed by atoms with Gasteiger partial charge in [0.1, 0.15) is 10.1 Å². The van der Waals surface area contributed by atoms with Crippen LogP contribution in [0.4, 0.5) is 0 Å². The molecule has 0 N–H and O–H groups in total. The minimum absolute atomic E-state index is 0. The van der Waals surface area contributed by atoms with Crippen molar-refractivity contribution in [2.45, 2.75) is 44.4 Å². The number of benzene rings is 1. The predicted octanol–water partition coefficient (Wildman–Crippen LogP) is -0.500. The van der Waals surface area contributed by atoms with Gasteiger partial charge in [0.25, 0.3) is 0 Å². The Morgan fingerprint density at radius 3 is 2.18 bits per heavy atom. The van der Waals surface area contributed by atoms with E-state index in [1.165, 1.54) is 6.07 Å². The van der Waals surface area contributed by atoms with Gasteiger partial charge in [-0.2, -0.15) is 0 Å². The van der Waals surface area contributed by atoms with Crippen LogP contribution in [0.3, 0.4) is 0 Å². The standard InChI is InChI=1S/C12H18O3S.K/c1-3-6-10-8-5-9-12(16(13,14)15)11(10)7-4-2;/h5,8-9H,3-4,6-7H2,1-2H3,(H,13,14,15);/q;+1/p-1. The Bertz CT molecular complexity index is 455. The first-order valence-electron chi connectivity index (χ1n) is 5.57. The quantitative estimate of drug-likeness (QED) is 0.540. The molecule has 17 heavy (non-hydrogen) atoms. The van der Waals surface area contributed by atoms with Crippen molar-refractivity contribution in [1.29, 1.82) is 0 Å². The monoisotopic (exact) mass is 280 g/mol. The second-order valence-electron chi connectivity index (χ2n) is 3.85. The number of hydrogen-bond donors (Lipinski definition) is 0. The van der Waals surface area contributed by atoms with Crippen LogP contribution in [-0.2, 0) is 23.0 Å². The summed E-state index contributed by atoms with van der Waals surface area (Å²) in [6.07, 6.45) is 3.24. The largest absolute Gasteiger partial charge is 1.00 e. The fourth-order valence-corrected chi connectivity index (χ4v) is 2.66. The Morgan fingerprint density at radius 2 is 1.71 bits per heavy atom. The van der Waals surface area contributed by atoms with Gasteiger partial charge < -0.3 is 4.55 Å². The van der Waals surface area contributed by atoms with Crippen LogP contribution in [0.15, 0.2) is 23.1 Å².